The standard InChI is InChI=1S/C25H30N2O3/c1-15(2)13-27-19(6)10-21(20(27)7)11-22(12-26)25(29)30-14-24(28)23-9-17(4)16(3)8-18(23)5/h8-11,15H,13-14H2,1-7H3. The maximum atomic E-state index is 12.5. The third-order valence-corrected chi connectivity index (χ3v) is 5.28. The molecular formula is C25H30N2O3. The van der Waals surface area contributed by atoms with Crippen LogP contribution in [-0.4, -0.2) is 22.9 Å². The summed E-state index contributed by atoms with van der Waals surface area (Å²) in [5.74, 6) is -0.593. The molecule has 0 amide bonds. The Hall–Kier alpha value is -3.13. The monoisotopic (exact) mass is 406 g/mol. The molecule has 158 valence electrons. The zero-order valence-corrected chi connectivity index (χ0v) is 18.9. The van der Waals surface area contributed by atoms with Gasteiger partial charge < -0.3 is 9.30 Å². The van der Waals surface area contributed by atoms with E-state index in [0.717, 1.165) is 40.2 Å². The van der Waals surface area contributed by atoms with Crippen molar-refractivity contribution < 1.29 is 14.3 Å². The van der Waals surface area contributed by atoms with Crippen LogP contribution in [0, 0.1) is 51.9 Å². The maximum absolute atomic E-state index is 12.5. The molecule has 0 fully saturated rings. The minimum Gasteiger partial charge on any atom is -0.453 e. The highest BCUT2D eigenvalue weighted by atomic mass is 16.5. The number of benzene rings is 1. The molecule has 2 aromatic rings. The number of Topliss-reactive ketones (excluding diaryl/α,β-unsaturated/α-hetero) is 1. The number of aryl methyl sites for hydroxylation is 4. The summed E-state index contributed by atoms with van der Waals surface area (Å²) in [5.41, 5.74) is 6.22. The van der Waals surface area contributed by atoms with E-state index < -0.39 is 12.6 Å². The molecule has 0 unspecified atom stereocenters. The van der Waals surface area contributed by atoms with Crippen LogP contribution >= 0.6 is 0 Å². The van der Waals surface area contributed by atoms with Gasteiger partial charge in [-0.1, -0.05) is 19.9 Å². The lowest BCUT2D eigenvalue weighted by atomic mass is 9.98. The first-order valence-electron chi connectivity index (χ1n) is 10.1. The van der Waals surface area contributed by atoms with Gasteiger partial charge in [0.05, 0.1) is 0 Å². The van der Waals surface area contributed by atoms with Gasteiger partial charge in [-0.3, -0.25) is 4.79 Å². The van der Waals surface area contributed by atoms with Gasteiger partial charge in [-0.2, -0.15) is 5.26 Å². The largest absolute Gasteiger partial charge is 0.453 e. The van der Waals surface area contributed by atoms with Crippen molar-refractivity contribution in [3.8, 4) is 6.07 Å². The minimum absolute atomic E-state index is 0.121. The number of hydrogen-bond acceptors (Lipinski definition) is 4. The summed E-state index contributed by atoms with van der Waals surface area (Å²) in [5, 5.41) is 9.45. The normalized spacial score (nSPS) is 11.5. The van der Waals surface area contributed by atoms with Gasteiger partial charge in [0.2, 0.25) is 5.78 Å². The number of esters is 1. The van der Waals surface area contributed by atoms with Gasteiger partial charge in [-0.05, 0) is 81.0 Å². The second kappa shape index (κ2) is 9.58. The topological polar surface area (TPSA) is 72.1 Å². The fourth-order valence-corrected chi connectivity index (χ4v) is 3.46. The van der Waals surface area contributed by atoms with Crippen LogP contribution in [0.25, 0.3) is 6.08 Å². The quantitative estimate of drug-likeness (QED) is 0.280. The Morgan fingerprint density at radius 1 is 1.07 bits per heavy atom. The van der Waals surface area contributed by atoms with E-state index in [1.807, 2.05) is 58.9 Å². The molecular weight excluding hydrogens is 376 g/mol. The molecule has 0 spiro atoms. The van der Waals surface area contributed by atoms with Crippen LogP contribution in [0.3, 0.4) is 0 Å². The number of rotatable bonds is 7. The van der Waals surface area contributed by atoms with E-state index in [1.165, 1.54) is 6.08 Å². The summed E-state index contributed by atoms with van der Waals surface area (Å²) in [6.07, 6.45) is 1.53. The molecule has 2 rings (SSSR count). The van der Waals surface area contributed by atoms with E-state index in [1.54, 1.807) is 0 Å². The summed E-state index contributed by atoms with van der Waals surface area (Å²) in [6, 6.07) is 7.61. The molecule has 0 N–H and O–H groups in total. The zero-order chi connectivity index (χ0) is 22.6. The van der Waals surface area contributed by atoms with Crippen LogP contribution in [0.2, 0.25) is 0 Å². The van der Waals surface area contributed by atoms with Crippen molar-refractivity contribution in [2.45, 2.75) is 55.0 Å². The fraction of sp³-hybridized carbons (Fsp3) is 0.400. The van der Waals surface area contributed by atoms with Crippen molar-refractivity contribution in [1.82, 2.24) is 4.57 Å². The Balaban J connectivity index is 2.17. The van der Waals surface area contributed by atoms with E-state index in [2.05, 4.69) is 18.4 Å². The second-order valence-electron chi connectivity index (χ2n) is 8.25. The summed E-state index contributed by atoms with van der Waals surface area (Å²) in [7, 11) is 0. The first kappa shape index (κ1) is 23.2. The Labute approximate surface area is 179 Å². The zero-order valence-electron chi connectivity index (χ0n) is 18.9. The van der Waals surface area contributed by atoms with Crippen molar-refractivity contribution in [1.29, 1.82) is 5.26 Å². The Morgan fingerprint density at radius 3 is 2.30 bits per heavy atom. The van der Waals surface area contributed by atoms with Gasteiger partial charge in [0.15, 0.2) is 6.61 Å². The highest BCUT2D eigenvalue weighted by Crippen LogP contribution is 2.20. The van der Waals surface area contributed by atoms with Crippen molar-refractivity contribution in [2.24, 2.45) is 5.92 Å². The van der Waals surface area contributed by atoms with Crippen molar-refractivity contribution in [2.75, 3.05) is 6.61 Å². The number of nitrogens with zero attached hydrogens (tertiary/aromatic N) is 2. The van der Waals surface area contributed by atoms with Crippen molar-refractivity contribution in [3.05, 3.63) is 63.0 Å². The third kappa shape index (κ3) is 5.27. The lowest BCUT2D eigenvalue weighted by Gasteiger charge is -2.12. The fourth-order valence-electron chi connectivity index (χ4n) is 3.46. The van der Waals surface area contributed by atoms with Gasteiger partial charge in [0.1, 0.15) is 11.6 Å². The smallest absolute Gasteiger partial charge is 0.349 e. The Morgan fingerprint density at radius 2 is 1.70 bits per heavy atom. The number of carbonyl (C=O) groups is 2. The van der Waals surface area contributed by atoms with Gasteiger partial charge in [-0.15, -0.1) is 0 Å². The first-order chi connectivity index (χ1) is 14.0. The Bertz CT molecular complexity index is 1050. The highest BCUT2D eigenvalue weighted by molar-refractivity contribution is 6.02. The van der Waals surface area contributed by atoms with E-state index in [9.17, 15) is 14.9 Å². The number of ether oxygens (including phenoxy) is 1. The van der Waals surface area contributed by atoms with Crippen LogP contribution in [0.5, 0.6) is 0 Å². The van der Waals surface area contributed by atoms with Crippen LogP contribution in [0.4, 0.5) is 0 Å². The number of carbonyl (C=O) groups excluding carboxylic acids is 2. The lowest BCUT2D eigenvalue weighted by Crippen LogP contribution is -2.16. The number of hydrogen-bond donors (Lipinski definition) is 0. The molecule has 1 aromatic carbocycles. The Kier molecular flexibility index (Phi) is 7.39. The van der Waals surface area contributed by atoms with E-state index >= 15 is 0 Å². The molecule has 0 radical (unpaired) electrons. The van der Waals surface area contributed by atoms with Crippen molar-refractivity contribution in [3.63, 3.8) is 0 Å². The van der Waals surface area contributed by atoms with Gasteiger partial charge in [0, 0.05) is 23.5 Å². The molecule has 5 nitrogen and oxygen atoms in total. The molecule has 0 saturated carbocycles. The van der Waals surface area contributed by atoms with E-state index in [4.69, 9.17) is 4.74 Å². The third-order valence-electron chi connectivity index (χ3n) is 5.28. The first-order valence-corrected chi connectivity index (χ1v) is 10.1. The highest BCUT2D eigenvalue weighted by Gasteiger charge is 2.17. The second-order valence-corrected chi connectivity index (χ2v) is 8.25. The average Bonchev–Trinajstić information content (AvgIpc) is 2.93. The van der Waals surface area contributed by atoms with E-state index in [-0.39, 0.29) is 11.4 Å². The molecule has 5 heteroatoms. The summed E-state index contributed by atoms with van der Waals surface area (Å²) in [4.78, 5) is 25.0. The maximum Gasteiger partial charge on any atom is 0.349 e. The summed E-state index contributed by atoms with van der Waals surface area (Å²) in [6.45, 7) is 14.5. The average molecular weight is 407 g/mol. The molecule has 0 bridgehead atoms. The van der Waals surface area contributed by atoms with Gasteiger partial charge >= 0.3 is 5.97 Å². The molecule has 30 heavy (non-hydrogen) atoms. The molecule has 1 heterocycles. The SMILES string of the molecule is Cc1cc(C)c(C(=O)COC(=O)C(C#N)=Cc2cc(C)n(CC(C)C)c2C)cc1C. The lowest BCUT2D eigenvalue weighted by molar-refractivity contribution is -0.137. The molecule has 0 atom stereocenters. The predicted octanol–water partition coefficient (Wildman–Crippen LogP) is 5.02. The molecule has 0 saturated heterocycles. The number of ketones is 1. The van der Waals surface area contributed by atoms with Gasteiger partial charge in [0.25, 0.3) is 0 Å². The predicted molar refractivity (Wildman–Crippen MR) is 118 cm³/mol. The number of nitriles is 1. The van der Waals surface area contributed by atoms with Crippen molar-refractivity contribution >= 4 is 17.8 Å². The molecule has 0 aliphatic rings. The van der Waals surface area contributed by atoms with Crippen LogP contribution in [-0.2, 0) is 16.1 Å². The van der Waals surface area contributed by atoms with Crippen LogP contribution in [0.1, 0.15) is 57.8 Å². The van der Waals surface area contributed by atoms with Crippen LogP contribution in [0.15, 0.2) is 23.8 Å². The number of aromatic nitrogens is 1. The summed E-state index contributed by atoms with van der Waals surface area (Å²) >= 11 is 0. The molecule has 0 aliphatic carbocycles. The molecule has 1 aromatic heterocycles. The summed E-state index contributed by atoms with van der Waals surface area (Å²) < 4.78 is 7.33. The minimum atomic E-state index is -0.791. The van der Waals surface area contributed by atoms with Gasteiger partial charge in [-0.25, -0.2) is 4.79 Å². The molecule has 0 aliphatic heterocycles. The van der Waals surface area contributed by atoms with Crippen LogP contribution < -0.4 is 0 Å². The van der Waals surface area contributed by atoms with E-state index in [0.29, 0.717) is 11.5 Å².